The molecule has 0 aromatic heterocycles. The fourth-order valence-electron chi connectivity index (χ4n) is 4.00. The largest absolute Gasteiger partial charge is 0.497 e. The number of hydrogen-bond donors (Lipinski definition) is 1. The van der Waals surface area contributed by atoms with Crippen molar-refractivity contribution in [2.75, 3.05) is 26.6 Å². The number of fused-ring (bicyclic) bond motifs is 1. The molecule has 4 rings (SSSR count). The van der Waals surface area contributed by atoms with Gasteiger partial charge in [-0.05, 0) is 30.5 Å². The number of methoxy groups -OCH3 is 3. The molecule has 2 heterocycles. The van der Waals surface area contributed by atoms with E-state index >= 15 is 0 Å². The molecule has 9 heteroatoms. The number of rotatable bonds is 7. The highest BCUT2D eigenvalue weighted by Gasteiger charge is 2.42. The number of carbonyl (C=O) groups excluding carboxylic acids is 2. The maximum absolute atomic E-state index is 12.9. The third kappa shape index (κ3) is 4.51. The zero-order valence-electron chi connectivity index (χ0n) is 19.3. The molecule has 0 aliphatic carbocycles. The normalized spacial score (nSPS) is 16.9. The van der Waals surface area contributed by atoms with Gasteiger partial charge in [-0.2, -0.15) is 0 Å². The summed E-state index contributed by atoms with van der Waals surface area (Å²) in [7, 11) is 4.51. The Bertz CT molecular complexity index is 1220. The lowest BCUT2D eigenvalue weighted by Gasteiger charge is -2.36. The molecule has 0 saturated heterocycles. The Morgan fingerprint density at radius 2 is 1.88 bits per heavy atom. The number of nitrogens with zero attached hydrogens (tertiary/aromatic N) is 2. The molecule has 0 saturated carbocycles. The molecule has 1 N–H and O–H groups in total. The van der Waals surface area contributed by atoms with Crippen LogP contribution in [-0.4, -0.2) is 43.3 Å². The fraction of sp³-hybridized carbons (Fsp3) is 0.240. The van der Waals surface area contributed by atoms with Crippen molar-refractivity contribution in [1.82, 2.24) is 4.90 Å². The van der Waals surface area contributed by atoms with E-state index in [1.165, 1.54) is 18.9 Å². The summed E-state index contributed by atoms with van der Waals surface area (Å²) in [6.45, 7) is 1.78. The third-order valence-corrected chi connectivity index (χ3v) is 6.42. The summed E-state index contributed by atoms with van der Waals surface area (Å²) in [4.78, 5) is 32.3. The van der Waals surface area contributed by atoms with Crippen LogP contribution in [0.2, 0.25) is 0 Å². The molecular formula is C25H25N3O5S. The van der Waals surface area contributed by atoms with Crippen LogP contribution in [0.5, 0.6) is 11.5 Å². The molecule has 2 aromatic carbocycles. The number of aliphatic imine (C=N–C) groups is 1. The van der Waals surface area contributed by atoms with Crippen LogP contribution in [0, 0.1) is 0 Å². The average Bonchev–Trinajstić information content (AvgIpc) is 3.24. The highest BCUT2D eigenvalue weighted by atomic mass is 32.2. The first-order chi connectivity index (χ1) is 16.5. The number of amides is 1. The average molecular weight is 480 g/mol. The Balaban J connectivity index is 1.67. The number of thioether (sulfide) groups is 1. The molecule has 0 spiro atoms. The molecule has 2 aliphatic heterocycles. The van der Waals surface area contributed by atoms with Gasteiger partial charge in [-0.1, -0.05) is 36.0 Å². The van der Waals surface area contributed by atoms with Crippen LogP contribution in [0.1, 0.15) is 24.9 Å². The number of ether oxygens (including phenoxy) is 3. The highest BCUT2D eigenvalue weighted by Crippen LogP contribution is 2.46. The van der Waals surface area contributed by atoms with E-state index < -0.39 is 12.0 Å². The smallest absolute Gasteiger partial charge is 0.338 e. The van der Waals surface area contributed by atoms with Crippen molar-refractivity contribution in [2.45, 2.75) is 19.4 Å². The second kappa shape index (κ2) is 10.0. The molecule has 1 amide bonds. The number of nitrogens with one attached hydrogen (secondary N) is 1. The lowest BCUT2D eigenvalue weighted by molar-refractivity contribution is -0.136. The summed E-state index contributed by atoms with van der Waals surface area (Å²) in [6, 6.07) is 14.1. The minimum absolute atomic E-state index is 0.0857. The lowest BCUT2D eigenvalue weighted by Crippen LogP contribution is -2.37. The zero-order chi connectivity index (χ0) is 24.2. The van der Waals surface area contributed by atoms with E-state index in [0.29, 0.717) is 39.3 Å². The SMILES string of the molecule is COC(=O)C1=C(C)N=C2SC=C(CC(=O)Nc3cccc(OC)c3)N2C1c1ccccc1OC. The van der Waals surface area contributed by atoms with Crippen LogP contribution in [0.3, 0.4) is 0 Å². The maximum atomic E-state index is 12.9. The van der Waals surface area contributed by atoms with Gasteiger partial charge in [0.1, 0.15) is 11.5 Å². The van der Waals surface area contributed by atoms with Gasteiger partial charge in [-0.3, -0.25) is 4.79 Å². The number of para-hydroxylation sites is 1. The van der Waals surface area contributed by atoms with E-state index in [-0.39, 0.29) is 12.3 Å². The van der Waals surface area contributed by atoms with Crippen LogP contribution in [-0.2, 0) is 14.3 Å². The summed E-state index contributed by atoms with van der Waals surface area (Å²) >= 11 is 1.41. The highest BCUT2D eigenvalue weighted by molar-refractivity contribution is 8.16. The standard InChI is InChI=1S/C25H25N3O5S/c1-15-22(24(30)33-4)23(19-10-5-6-11-20(19)32-3)28-17(14-34-25(28)26-15)13-21(29)27-16-8-7-9-18(12-16)31-2/h5-12,14,23H,13H2,1-4H3,(H,27,29). The summed E-state index contributed by atoms with van der Waals surface area (Å²) < 4.78 is 15.9. The first kappa shape index (κ1) is 23.4. The van der Waals surface area contributed by atoms with Crippen molar-refractivity contribution in [1.29, 1.82) is 0 Å². The van der Waals surface area contributed by atoms with Gasteiger partial charge < -0.3 is 24.4 Å². The van der Waals surface area contributed by atoms with E-state index in [1.54, 1.807) is 33.3 Å². The Morgan fingerprint density at radius 3 is 2.62 bits per heavy atom. The fourth-order valence-corrected chi connectivity index (χ4v) is 4.96. The van der Waals surface area contributed by atoms with Crippen molar-refractivity contribution in [2.24, 2.45) is 4.99 Å². The van der Waals surface area contributed by atoms with E-state index in [2.05, 4.69) is 10.3 Å². The molecule has 0 radical (unpaired) electrons. The summed E-state index contributed by atoms with van der Waals surface area (Å²) in [5.74, 6) is 0.595. The van der Waals surface area contributed by atoms with Gasteiger partial charge in [0, 0.05) is 23.0 Å². The second-order valence-corrected chi connectivity index (χ2v) is 8.42. The van der Waals surface area contributed by atoms with E-state index in [1.807, 2.05) is 46.7 Å². The molecule has 34 heavy (non-hydrogen) atoms. The number of benzene rings is 2. The van der Waals surface area contributed by atoms with Crippen molar-refractivity contribution in [3.05, 3.63) is 76.5 Å². The van der Waals surface area contributed by atoms with Crippen LogP contribution in [0.4, 0.5) is 5.69 Å². The van der Waals surface area contributed by atoms with Crippen LogP contribution >= 0.6 is 11.8 Å². The van der Waals surface area contributed by atoms with Crippen molar-refractivity contribution in [3.63, 3.8) is 0 Å². The van der Waals surface area contributed by atoms with Crippen LogP contribution < -0.4 is 14.8 Å². The second-order valence-electron chi connectivity index (χ2n) is 7.58. The van der Waals surface area contributed by atoms with E-state index in [4.69, 9.17) is 14.2 Å². The lowest BCUT2D eigenvalue weighted by atomic mass is 9.93. The zero-order valence-corrected chi connectivity index (χ0v) is 20.1. The molecule has 0 fully saturated rings. The number of hydrogen-bond acceptors (Lipinski definition) is 8. The Hall–Kier alpha value is -3.72. The number of esters is 1. The maximum Gasteiger partial charge on any atom is 0.338 e. The number of allylic oxidation sites excluding steroid dienone is 1. The van der Waals surface area contributed by atoms with Gasteiger partial charge >= 0.3 is 5.97 Å². The minimum atomic E-state index is -0.554. The van der Waals surface area contributed by atoms with Gasteiger partial charge in [-0.25, -0.2) is 9.79 Å². The molecule has 2 aliphatic rings. The van der Waals surface area contributed by atoms with E-state index in [0.717, 1.165) is 5.56 Å². The molecule has 1 atom stereocenters. The first-order valence-electron chi connectivity index (χ1n) is 10.6. The molecular weight excluding hydrogens is 454 g/mol. The summed E-state index contributed by atoms with van der Waals surface area (Å²) in [5.41, 5.74) is 3.09. The monoisotopic (exact) mass is 479 g/mol. The van der Waals surface area contributed by atoms with Gasteiger partial charge in [0.25, 0.3) is 0 Å². The molecule has 0 bridgehead atoms. The molecule has 1 unspecified atom stereocenters. The Labute approximate surface area is 202 Å². The summed E-state index contributed by atoms with van der Waals surface area (Å²) in [6.07, 6.45) is 0.0857. The van der Waals surface area contributed by atoms with Crippen molar-refractivity contribution in [3.8, 4) is 11.5 Å². The minimum Gasteiger partial charge on any atom is -0.497 e. The number of anilines is 1. The topological polar surface area (TPSA) is 89.5 Å². The predicted octanol–water partition coefficient (Wildman–Crippen LogP) is 4.48. The van der Waals surface area contributed by atoms with Gasteiger partial charge in [0.05, 0.1) is 45.1 Å². The molecule has 2 aromatic rings. The van der Waals surface area contributed by atoms with Crippen molar-refractivity contribution >= 4 is 34.5 Å². The molecule has 8 nitrogen and oxygen atoms in total. The van der Waals surface area contributed by atoms with Crippen LogP contribution in [0.25, 0.3) is 0 Å². The predicted molar refractivity (Wildman–Crippen MR) is 132 cm³/mol. The van der Waals surface area contributed by atoms with Gasteiger partial charge in [0.15, 0.2) is 5.17 Å². The van der Waals surface area contributed by atoms with Crippen molar-refractivity contribution < 1.29 is 23.8 Å². The first-order valence-corrected chi connectivity index (χ1v) is 11.4. The number of carbonyl (C=O) groups is 2. The Kier molecular flexibility index (Phi) is 6.93. The van der Waals surface area contributed by atoms with E-state index in [9.17, 15) is 9.59 Å². The third-order valence-electron chi connectivity index (χ3n) is 5.53. The summed E-state index contributed by atoms with van der Waals surface area (Å²) in [5, 5.41) is 5.48. The quantitative estimate of drug-likeness (QED) is 0.586. The Morgan fingerprint density at radius 1 is 1.09 bits per heavy atom. The van der Waals surface area contributed by atoms with Gasteiger partial charge in [-0.15, -0.1) is 0 Å². The van der Waals surface area contributed by atoms with Gasteiger partial charge in [0.2, 0.25) is 5.91 Å². The molecule has 176 valence electrons. The number of amidine groups is 1. The van der Waals surface area contributed by atoms with Crippen LogP contribution in [0.15, 0.2) is 75.9 Å².